The molecule has 1 aliphatic rings. The van der Waals surface area contributed by atoms with E-state index in [2.05, 4.69) is 15.6 Å². The van der Waals surface area contributed by atoms with Gasteiger partial charge in [-0.1, -0.05) is 17.8 Å². The first-order chi connectivity index (χ1) is 9.63. The van der Waals surface area contributed by atoms with Crippen molar-refractivity contribution >= 4 is 32.6 Å². The molecular weight excluding hydrogens is 284 g/mol. The van der Waals surface area contributed by atoms with Gasteiger partial charge < -0.3 is 10.6 Å². The molecule has 20 heavy (non-hydrogen) atoms. The van der Waals surface area contributed by atoms with Gasteiger partial charge in [-0.2, -0.15) is 0 Å². The number of carbonyl (C=O) groups is 1. The average Bonchev–Trinajstić information content (AvgIpc) is 2.81. The van der Waals surface area contributed by atoms with Gasteiger partial charge in [-0.05, 0) is 25.5 Å². The summed E-state index contributed by atoms with van der Waals surface area (Å²) in [7, 11) is 0. The predicted molar refractivity (Wildman–Crippen MR) is 73.8 cm³/mol. The molecule has 3 rings (SSSR count). The summed E-state index contributed by atoms with van der Waals surface area (Å²) in [5.74, 6) is -1.99. The fraction of sp³-hybridized carbons (Fsp3) is 0.385. The molecule has 0 aliphatic carbocycles. The first-order valence-electron chi connectivity index (χ1n) is 6.43. The number of nitrogens with one attached hydrogen (secondary N) is 2. The van der Waals surface area contributed by atoms with Crippen LogP contribution in [0.3, 0.4) is 0 Å². The van der Waals surface area contributed by atoms with Crippen molar-refractivity contribution in [1.82, 2.24) is 10.3 Å². The smallest absolute Gasteiger partial charge is 0.243 e. The van der Waals surface area contributed by atoms with Gasteiger partial charge in [0.2, 0.25) is 5.91 Å². The summed E-state index contributed by atoms with van der Waals surface area (Å²) in [6.07, 6.45) is 2.88. The Morgan fingerprint density at radius 1 is 1.35 bits per heavy atom. The van der Waals surface area contributed by atoms with Crippen LogP contribution in [0.4, 0.5) is 13.9 Å². The average molecular weight is 297 g/mol. The van der Waals surface area contributed by atoms with Gasteiger partial charge in [-0.15, -0.1) is 0 Å². The van der Waals surface area contributed by atoms with Crippen LogP contribution in [0, 0.1) is 11.6 Å². The number of nitrogens with zero attached hydrogens (tertiary/aromatic N) is 1. The number of aromatic nitrogens is 1. The third-order valence-electron chi connectivity index (χ3n) is 3.29. The van der Waals surface area contributed by atoms with Crippen LogP contribution >= 0.6 is 11.3 Å². The van der Waals surface area contributed by atoms with Crippen LogP contribution in [-0.4, -0.2) is 23.5 Å². The number of amides is 1. The molecule has 1 fully saturated rings. The monoisotopic (exact) mass is 297 g/mol. The number of thiazole rings is 1. The Balaban J connectivity index is 1.78. The Hall–Kier alpha value is -1.60. The molecule has 1 atom stereocenters. The first kappa shape index (κ1) is 13.4. The van der Waals surface area contributed by atoms with Crippen molar-refractivity contribution in [2.24, 2.45) is 0 Å². The van der Waals surface area contributed by atoms with E-state index in [-0.39, 0.29) is 11.9 Å². The van der Waals surface area contributed by atoms with Crippen LogP contribution in [0.25, 0.3) is 10.2 Å². The molecule has 2 heterocycles. The summed E-state index contributed by atoms with van der Waals surface area (Å²) >= 11 is 1.13. The van der Waals surface area contributed by atoms with Gasteiger partial charge in [0.1, 0.15) is 0 Å². The molecule has 1 aromatic heterocycles. The maximum Gasteiger partial charge on any atom is 0.243 e. The van der Waals surface area contributed by atoms with Crippen molar-refractivity contribution in [3.05, 3.63) is 23.8 Å². The lowest BCUT2D eigenvalue weighted by Crippen LogP contribution is -2.43. The number of piperidine rings is 1. The Morgan fingerprint density at radius 3 is 2.90 bits per heavy atom. The summed E-state index contributed by atoms with van der Waals surface area (Å²) < 4.78 is 26.7. The predicted octanol–water partition coefficient (Wildman–Crippen LogP) is 2.66. The zero-order chi connectivity index (χ0) is 14.1. The van der Waals surface area contributed by atoms with Gasteiger partial charge in [0.15, 0.2) is 16.8 Å². The fourth-order valence-electron chi connectivity index (χ4n) is 2.25. The third kappa shape index (κ3) is 2.64. The quantitative estimate of drug-likeness (QED) is 0.896. The number of halogens is 2. The highest BCUT2D eigenvalue weighted by molar-refractivity contribution is 7.22. The molecule has 1 unspecified atom stereocenters. The number of hydrogen-bond donors (Lipinski definition) is 2. The largest absolute Gasteiger partial charge is 0.306 e. The minimum absolute atomic E-state index is 0.148. The molecule has 0 radical (unpaired) electrons. The van der Waals surface area contributed by atoms with Gasteiger partial charge in [-0.25, -0.2) is 13.8 Å². The van der Waals surface area contributed by atoms with Gasteiger partial charge in [0.05, 0.1) is 16.3 Å². The second-order valence-electron chi connectivity index (χ2n) is 4.74. The van der Waals surface area contributed by atoms with Gasteiger partial charge >= 0.3 is 0 Å². The molecule has 0 saturated carbocycles. The molecule has 2 aromatic rings. The van der Waals surface area contributed by atoms with Crippen LogP contribution in [0.1, 0.15) is 19.3 Å². The summed E-state index contributed by atoms with van der Waals surface area (Å²) in [5, 5.41) is 6.20. The minimum atomic E-state index is -0.936. The van der Waals surface area contributed by atoms with Gasteiger partial charge in [-0.3, -0.25) is 4.79 Å². The number of fused-ring (bicyclic) bond motifs is 1. The molecule has 2 N–H and O–H groups in total. The van der Waals surface area contributed by atoms with E-state index < -0.39 is 11.6 Å². The molecule has 1 saturated heterocycles. The van der Waals surface area contributed by atoms with Crippen LogP contribution in [0.15, 0.2) is 12.1 Å². The van der Waals surface area contributed by atoms with Crippen LogP contribution < -0.4 is 10.6 Å². The van der Waals surface area contributed by atoms with Crippen molar-refractivity contribution < 1.29 is 13.6 Å². The lowest BCUT2D eigenvalue weighted by molar-refractivity contribution is -0.118. The maximum atomic E-state index is 13.1. The number of anilines is 1. The highest BCUT2D eigenvalue weighted by atomic mass is 32.1. The number of carbonyl (C=O) groups excluding carboxylic acids is 1. The van der Waals surface area contributed by atoms with E-state index in [4.69, 9.17) is 0 Å². The second kappa shape index (κ2) is 5.41. The molecule has 7 heteroatoms. The summed E-state index contributed by atoms with van der Waals surface area (Å²) in [6, 6.07) is 1.91. The molecule has 1 amide bonds. The van der Waals surface area contributed by atoms with E-state index in [0.717, 1.165) is 49.3 Å². The highest BCUT2D eigenvalue weighted by Gasteiger charge is 2.21. The number of benzene rings is 1. The van der Waals surface area contributed by atoms with Crippen molar-refractivity contribution in [3.63, 3.8) is 0 Å². The second-order valence-corrected chi connectivity index (χ2v) is 5.78. The molecular formula is C13H13F2N3OS. The van der Waals surface area contributed by atoms with Crippen molar-refractivity contribution in [2.45, 2.75) is 25.3 Å². The summed E-state index contributed by atoms with van der Waals surface area (Å²) in [5.41, 5.74) is 0.348. The van der Waals surface area contributed by atoms with E-state index in [1.165, 1.54) is 0 Å². The van der Waals surface area contributed by atoms with Crippen LogP contribution in [0.5, 0.6) is 0 Å². The zero-order valence-corrected chi connectivity index (χ0v) is 11.4. The Labute approximate surface area is 118 Å². The maximum absolute atomic E-state index is 13.1. The Morgan fingerprint density at radius 2 is 2.15 bits per heavy atom. The van der Waals surface area contributed by atoms with E-state index in [0.29, 0.717) is 15.3 Å². The zero-order valence-electron chi connectivity index (χ0n) is 10.6. The van der Waals surface area contributed by atoms with Crippen molar-refractivity contribution in [1.29, 1.82) is 0 Å². The lowest BCUT2D eigenvalue weighted by atomic mass is 10.0. The fourth-order valence-corrected chi connectivity index (χ4v) is 3.12. The third-order valence-corrected chi connectivity index (χ3v) is 4.22. The number of rotatable bonds is 2. The standard InChI is InChI=1S/C13H13F2N3OS/c14-7-5-10-11(6-8(7)15)20-13(17-10)18-12(19)9-3-1-2-4-16-9/h5-6,9,16H,1-4H2,(H,17,18,19). The van der Waals surface area contributed by atoms with E-state index in [9.17, 15) is 13.6 Å². The molecule has 0 spiro atoms. The van der Waals surface area contributed by atoms with Crippen molar-refractivity contribution in [2.75, 3.05) is 11.9 Å². The molecule has 1 aliphatic heterocycles. The molecule has 1 aromatic carbocycles. The van der Waals surface area contributed by atoms with E-state index in [1.54, 1.807) is 0 Å². The minimum Gasteiger partial charge on any atom is -0.306 e. The highest BCUT2D eigenvalue weighted by Crippen LogP contribution is 2.28. The molecule has 0 bridgehead atoms. The SMILES string of the molecule is O=C(Nc1nc2cc(F)c(F)cc2s1)C1CCCCN1. The Kier molecular flexibility index (Phi) is 3.62. The molecule has 106 valence electrons. The topological polar surface area (TPSA) is 54.0 Å². The van der Waals surface area contributed by atoms with Crippen molar-refractivity contribution in [3.8, 4) is 0 Å². The van der Waals surface area contributed by atoms with Crippen LogP contribution in [0.2, 0.25) is 0 Å². The summed E-state index contributed by atoms with van der Waals surface area (Å²) in [4.78, 5) is 16.1. The normalized spacial score (nSPS) is 19.2. The first-order valence-corrected chi connectivity index (χ1v) is 7.25. The van der Waals surface area contributed by atoms with Crippen LogP contribution in [-0.2, 0) is 4.79 Å². The van der Waals surface area contributed by atoms with Gasteiger partial charge in [0.25, 0.3) is 0 Å². The number of hydrogen-bond acceptors (Lipinski definition) is 4. The van der Waals surface area contributed by atoms with E-state index >= 15 is 0 Å². The Bertz CT molecular complexity index is 613. The van der Waals surface area contributed by atoms with E-state index in [1.807, 2.05) is 0 Å². The lowest BCUT2D eigenvalue weighted by Gasteiger charge is -2.21. The van der Waals surface area contributed by atoms with Gasteiger partial charge in [0, 0.05) is 6.07 Å². The summed E-state index contributed by atoms with van der Waals surface area (Å²) in [6.45, 7) is 0.828. The molecule has 4 nitrogen and oxygen atoms in total.